The second-order valence-corrected chi connectivity index (χ2v) is 7.86. The van der Waals surface area contributed by atoms with E-state index in [4.69, 9.17) is 4.74 Å². The number of sulfonamides is 1. The molecule has 0 unspecified atom stereocenters. The number of hydrogen-bond acceptors (Lipinski definition) is 4. The molecule has 0 heterocycles. The van der Waals surface area contributed by atoms with Gasteiger partial charge in [0, 0.05) is 18.7 Å². The smallest absolute Gasteiger partial charge is 0.240 e. The summed E-state index contributed by atoms with van der Waals surface area (Å²) in [4.78, 5) is 12.2. The van der Waals surface area contributed by atoms with E-state index in [1.165, 1.54) is 12.1 Å². The quantitative estimate of drug-likeness (QED) is 0.575. The van der Waals surface area contributed by atoms with E-state index in [1.54, 1.807) is 12.1 Å². The number of ether oxygens (including phenoxy) is 1. The number of anilines is 1. The molecule has 0 fully saturated rings. The maximum atomic E-state index is 12.1. The van der Waals surface area contributed by atoms with Crippen LogP contribution in [0.5, 0.6) is 5.75 Å². The van der Waals surface area contributed by atoms with Crippen molar-refractivity contribution < 1.29 is 17.9 Å². The van der Waals surface area contributed by atoms with Crippen molar-refractivity contribution in [1.82, 2.24) is 4.72 Å². The van der Waals surface area contributed by atoms with Crippen LogP contribution >= 0.6 is 0 Å². The predicted octanol–water partition coefficient (Wildman–Crippen LogP) is 3.56. The number of amides is 1. The first-order chi connectivity index (χ1) is 13.0. The third-order valence-electron chi connectivity index (χ3n) is 3.83. The van der Waals surface area contributed by atoms with Crippen LogP contribution in [-0.4, -0.2) is 27.5 Å². The summed E-state index contributed by atoms with van der Waals surface area (Å²) in [6.07, 6.45) is 2.63. The SMILES string of the molecule is CCCCNS(=O)(=O)c1ccc(NC(=O)CCCOc2ccccc2)cc1. The molecule has 0 aromatic heterocycles. The van der Waals surface area contributed by atoms with E-state index in [2.05, 4.69) is 10.0 Å². The Bertz CT molecular complexity index is 806. The minimum absolute atomic E-state index is 0.136. The van der Waals surface area contributed by atoms with Gasteiger partial charge in [-0.25, -0.2) is 13.1 Å². The van der Waals surface area contributed by atoms with E-state index in [0.29, 0.717) is 31.7 Å². The van der Waals surface area contributed by atoms with Crippen molar-refractivity contribution >= 4 is 21.6 Å². The summed E-state index contributed by atoms with van der Waals surface area (Å²) in [5, 5.41) is 2.76. The molecule has 0 aliphatic heterocycles. The second-order valence-electron chi connectivity index (χ2n) is 6.09. The van der Waals surface area contributed by atoms with Crippen molar-refractivity contribution in [2.24, 2.45) is 0 Å². The van der Waals surface area contributed by atoms with Gasteiger partial charge in [0.05, 0.1) is 11.5 Å². The monoisotopic (exact) mass is 390 g/mol. The van der Waals surface area contributed by atoms with Gasteiger partial charge in [0.1, 0.15) is 5.75 Å². The Balaban J connectivity index is 1.75. The van der Waals surface area contributed by atoms with Crippen molar-refractivity contribution in [3.8, 4) is 5.75 Å². The molecule has 6 nitrogen and oxygen atoms in total. The zero-order chi connectivity index (χ0) is 19.5. The van der Waals surface area contributed by atoms with Gasteiger partial charge < -0.3 is 10.1 Å². The van der Waals surface area contributed by atoms with Gasteiger partial charge in [0.15, 0.2) is 0 Å². The van der Waals surface area contributed by atoms with Gasteiger partial charge in [0.25, 0.3) is 0 Å². The van der Waals surface area contributed by atoms with Crippen molar-refractivity contribution in [2.75, 3.05) is 18.5 Å². The largest absolute Gasteiger partial charge is 0.494 e. The Morgan fingerprint density at radius 3 is 2.37 bits per heavy atom. The first kappa shape index (κ1) is 20.9. The Labute approximate surface area is 161 Å². The molecule has 0 saturated heterocycles. The summed E-state index contributed by atoms with van der Waals surface area (Å²) in [7, 11) is -3.50. The molecule has 2 rings (SSSR count). The molecule has 0 spiro atoms. The number of benzene rings is 2. The van der Waals surface area contributed by atoms with Crippen molar-refractivity contribution in [1.29, 1.82) is 0 Å². The Kier molecular flexibility index (Phi) is 8.29. The lowest BCUT2D eigenvalue weighted by atomic mass is 10.2. The average Bonchev–Trinajstić information content (AvgIpc) is 2.67. The lowest BCUT2D eigenvalue weighted by molar-refractivity contribution is -0.116. The van der Waals surface area contributed by atoms with Crippen molar-refractivity contribution in [3.05, 3.63) is 54.6 Å². The number of hydrogen-bond donors (Lipinski definition) is 2. The number of rotatable bonds is 11. The van der Waals surface area contributed by atoms with Crippen molar-refractivity contribution in [3.63, 3.8) is 0 Å². The van der Waals surface area contributed by atoms with Gasteiger partial charge in [-0.2, -0.15) is 0 Å². The molecule has 0 saturated carbocycles. The number of carbonyl (C=O) groups is 1. The summed E-state index contributed by atoms with van der Waals surface area (Å²) in [5.74, 6) is 0.644. The minimum atomic E-state index is -3.50. The standard InChI is InChI=1S/C20H26N2O4S/c1-2-3-15-21-27(24,25)19-13-11-17(12-14-19)22-20(23)10-7-16-26-18-8-5-4-6-9-18/h4-6,8-9,11-14,21H,2-3,7,10,15-16H2,1H3,(H,22,23). The zero-order valence-electron chi connectivity index (χ0n) is 15.5. The highest BCUT2D eigenvalue weighted by molar-refractivity contribution is 7.89. The van der Waals surface area contributed by atoms with E-state index in [1.807, 2.05) is 37.3 Å². The molecule has 0 atom stereocenters. The molecule has 0 aliphatic carbocycles. The maximum Gasteiger partial charge on any atom is 0.240 e. The highest BCUT2D eigenvalue weighted by atomic mass is 32.2. The van der Waals surface area contributed by atoms with Crippen LogP contribution in [0.25, 0.3) is 0 Å². The maximum absolute atomic E-state index is 12.1. The van der Waals surface area contributed by atoms with Gasteiger partial charge in [-0.3, -0.25) is 4.79 Å². The van der Waals surface area contributed by atoms with Crippen LogP contribution in [0.2, 0.25) is 0 Å². The Morgan fingerprint density at radius 2 is 1.70 bits per heavy atom. The van der Waals surface area contributed by atoms with Crippen LogP contribution in [0.15, 0.2) is 59.5 Å². The number of carbonyl (C=O) groups excluding carboxylic acids is 1. The molecule has 27 heavy (non-hydrogen) atoms. The summed E-state index contributed by atoms with van der Waals surface area (Å²) < 4.78 is 32.3. The van der Waals surface area contributed by atoms with E-state index in [-0.39, 0.29) is 10.8 Å². The van der Waals surface area contributed by atoms with E-state index >= 15 is 0 Å². The molecule has 146 valence electrons. The number of nitrogens with one attached hydrogen (secondary N) is 2. The van der Waals surface area contributed by atoms with Crippen LogP contribution in [-0.2, 0) is 14.8 Å². The van der Waals surface area contributed by atoms with Crippen LogP contribution in [0.4, 0.5) is 5.69 Å². The molecule has 2 aromatic rings. The first-order valence-electron chi connectivity index (χ1n) is 9.08. The van der Waals surface area contributed by atoms with E-state index in [0.717, 1.165) is 18.6 Å². The van der Waals surface area contributed by atoms with Crippen LogP contribution < -0.4 is 14.8 Å². The summed E-state index contributed by atoms with van der Waals surface area (Å²) >= 11 is 0. The van der Waals surface area contributed by atoms with Crippen LogP contribution in [0, 0.1) is 0 Å². The fourth-order valence-electron chi connectivity index (χ4n) is 2.35. The topological polar surface area (TPSA) is 84.5 Å². The predicted molar refractivity (Wildman–Crippen MR) is 106 cm³/mol. The van der Waals surface area contributed by atoms with Crippen LogP contribution in [0.1, 0.15) is 32.6 Å². The molecule has 0 bridgehead atoms. The summed E-state index contributed by atoms with van der Waals surface area (Å²) in [5.41, 5.74) is 0.566. The highest BCUT2D eigenvalue weighted by Gasteiger charge is 2.13. The fraction of sp³-hybridized carbons (Fsp3) is 0.350. The fourth-order valence-corrected chi connectivity index (χ4v) is 3.42. The molecule has 7 heteroatoms. The van der Waals surface area contributed by atoms with Crippen molar-refractivity contribution in [2.45, 2.75) is 37.5 Å². The minimum Gasteiger partial charge on any atom is -0.494 e. The molecule has 2 aromatic carbocycles. The summed E-state index contributed by atoms with van der Waals surface area (Å²) in [6.45, 7) is 2.87. The second kappa shape index (κ2) is 10.7. The lowest BCUT2D eigenvalue weighted by Gasteiger charge is -2.09. The van der Waals surface area contributed by atoms with Gasteiger partial charge >= 0.3 is 0 Å². The lowest BCUT2D eigenvalue weighted by Crippen LogP contribution is -2.24. The van der Waals surface area contributed by atoms with E-state index < -0.39 is 10.0 Å². The molecule has 0 aliphatic rings. The van der Waals surface area contributed by atoms with E-state index in [9.17, 15) is 13.2 Å². The van der Waals surface area contributed by atoms with Gasteiger partial charge in [-0.1, -0.05) is 31.5 Å². The molecule has 2 N–H and O–H groups in total. The average molecular weight is 391 g/mol. The third-order valence-corrected chi connectivity index (χ3v) is 5.31. The first-order valence-corrected chi connectivity index (χ1v) is 10.6. The third kappa shape index (κ3) is 7.40. The number of unbranched alkanes of at least 4 members (excludes halogenated alkanes) is 1. The van der Waals surface area contributed by atoms with Gasteiger partial charge in [-0.15, -0.1) is 0 Å². The number of para-hydroxylation sites is 1. The summed E-state index contributed by atoms with van der Waals surface area (Å²) in [6, 6.07) is 15.6. The Hall–Kier alpha value is -2.38. The molecule has 0 radical (unpaired) electrons. The Morgan fingerprint density at radius 1 is 1.00 bits per heavy atom. The molecular weight excluding hydrogens is 364 g/mol. The van der Waals surface area contributed by atoms with Gasteiger partial charge in [0.2, 0.25) is 15.9 Å². The zero-order valence-corrected chi connectivity index (χ0v) is 16.3. The molecular formula is C20H26N2O4S. The highest BCUT2D eigenvalue weighted by Crippen LogP contribution is 2.15. The van der Waals surface area contributed by atoms with Gasteiger partial charge in [-0.05, 0) is 49.2 Å². The van der Waals surface area contributed by atoms with Crippen LogP contribution in [0.3, 0.4) is 0 Å². The normalized spacial score (nSPS) is 11.1. The molecule has 1 amide bonds.